The number of hydrogen-bond donors (Lipinski definition) is 1. The first-order valence-corrected chi connectivity index (χ1v) is 10.8. The van der Waals surface area contributed by atoms with Gasteiger partial charge in [-0.1, -0.05) is 6.92 Å². The molecule has 1 aliphatic rings. The van der Waals surface area contributed by atoms with Crippen molar-refractivity contribution in [1.82, 2.24) is 9.97 Å². The van der Waals surface area contributed by atoms with Gasteiger partial charge in [-0.2, -0.15) is 0 Å². The highest BCUT2D eigenvalue weighted by atomic mass is 32.1. The van der Waals surface area contributed by atoms with E-state index < -0.39 is 4.92 Å². The van der Waals surface area contributed by atoms with Crippen LogP contribution >= 0.6 is 11.3 Å². The third kappa shape index (κ3) is 4.02. The van der Waals surface area contributed by atoms with Gasteiger partial charge in [-0.3, -0.25) is 14.9 Å². The molecule has 1 fully saturated rings. The normalized spacial score (nSPS) is 14.6. The average molecular weight is 442 g/mol. The predicted molar refractivity (Wildman–Crippen MR) is 120 cm³/mol. The third-order valence-corrected chi connectivity index (χ3v) is 6.84. The second-order valence-corrected chi connectivity index (χ2v) is 8.70. The molecule has 1 aliphatic heterocycles. The summed E-state index contributed by atoms with van der Waals surface area (Å²) in [5.74, 6) is 1.54. The Labute approximate surface area is 183 Å². The van der Waals surface area contributed by atoms with Crippen LogP contribution < -0.4 is 15.0 Å². The summed E-state index contributed by atoms with van der Waals surface area (Å²) in [4.78, 5) is 36.1. The third-order valence-electron chi connectivity index (χ3n) is 5.64. The average Bonchev–Trinajstić information content (AvgIpc) is 3.11. The summed E-state index contributed by atoms with van der Waals surface area (Å²) >= 11 is 1.29. The van der Waals surface area contributed by atoms with Crippen molar-refractivity contribution in [1.29, 1.82) is 0 Å². The van der Waals surface area contributed by atoms with E-state index in [2.05, 4.69) is 27.1 Å². The number of amides is 1. The molecule has 31 heavy (non-hydrogen) atoms. The molecule has 3 heterocycles. The van der Waals surface area contributed by atoms with Crippen molar-refractivity contribution in [3.8, 4) is 5.75 Å². The Morgan fingerprint density at radius 3 is 2.74 bits per heavy atom. The Morgan fingerprint density at radius 1 is 1.32 bits per heavy atom. The SMILES string of the molecule is COc1ccc([N+](=O)[O-])cc1NC(=O)c1sc2ncnc(N3CCC(C)CC3)c2c1C. The van der Waals surface area contributed by atoms with E-state index in [1.807, 2.05) is 6.92 Å². The number of rotatable bonds is 5. The van der Waals surface area contributed by atoms with Crippen LogP contribution in [0.4, 0.5) is 17.2 Å². The molecule has 0 saturated carbocycles. The molecule has 0 radical (unpaired) electrons. The van der Waals surface area contributed by atoms with Gasteiger partial charge in [0, 0.05) is 25.2 Å². The van der Waals surface area contributed by atoms with Crippen LogP contribution in [0.5, 0.6) is 5.75 Å². The number of ether oxygens (including phenoxy) is 1. The van der Waals surface area contributed by atoms with Crippen molar-refractivity contribution in [2.75, 3.05) is 30.4 Å². The van der Waals surface area contributed by atoms with Gasteiger partial charge >= 0.3 is 0 Å². The number of piperidine rings is 1. The van der Waals surface area contributed by atoms with Crippen LogP contribution in [-0.2, 0) is 0 Å². The van der Waals surface area contributed by atoms with Crippen LogP contribution in [0.15, 0.2) is 24.5 Å². The van der Waals surface area contributed by atoms with Gasteiger partial charge in [0.15, 0.2) is 0 Å². The minimum Gasteiger partial charge on any atom is -0.495 e. The van der Waals surface area contributed by atoms with E-state index in [0.29, 0.717) is 16.5 Å². The number of nitrogens with one attached hydrogen (secondary N) is 1. The topological polar surface area (TPSA) is 110 Å². The van der Waals surface area contributed by atoms with Crippen molar-refractivity contribution in [2.24, 2.45) is 5.92 Å². The number of methoxy groups -OCH3 is 1. The highest BCUT2D eigenvalue weighted by Crippen LogP contribution is 2.37. The lowest BCUT2D eigenvalue weighted by atomic mass is 9.99. The zero-order valence-corrected chi connectivity index (χ0v) is 18.4. The van der Waals surface area contributed by atoms with E-state index in [1.165, 1.54) is 43.0 Å². The molecule has 1 N–H and O–H groups in total. The molecule has 9 nitrogen and oxygen atoms in total. The molecule has 3 aromatic rings. The number of nitro benzene ring substituents is 1. The standard InChI is InChI=1S/C21H23N5O4S/c1-12-6-8-25(9-7-12)19-17-13(2)18(31-21(17)23-11-22-19)20(27)24-15-10-14(26(28)29)4-5-16(15)30-3/h4-5,10-12H,6-9H2,1-3H3,(H,24,27). The predicted octanol–water partition coefficient (Wildman–Crippen LogP) is 4.41. The summed E-state index contributed by atoms with van der Waals surface area (Å²) in [5, 5.41) is 14.8. The number of aryl methyl sites for hydroxylation is 1. The number of non-ortho nitro benzene ring substituents is 1. The number of fused-ring (bicyclic) bond motifs is 1. The maximum absolute atomic E-state index is 13.1. The summed E-state index contributed by atoms with van der Waals surface area (Å²) in [6.07, 6.45) is 3.75. The summed E-state index contributed by atoms with van der Waals surface area (Å²) < 4.78 is 5.25. The van der Waals surface area contributed by atoms with E-state index >= 15 is 0 Å². The van der Waals surface area contributed by atoms with Crippen LogP contribution in [0.1, 0.15) is 35.0 Å². The number of carbonyl (C=O) groups is 1. The fraction of sp³-hybridized carbons (Fsp3) is 0.381. The van der Waals surface area contributed by atoms with Crippen molar-refractivity contribution in [2.45, 2.75) is 26.7 Å². The number of hydrogen-bond acceptors (Lipinski definition) is 8. The maximum atomic E-state index is 13.1. The molecule has 0 bridgehead atoms. The monoisotopic (exact) mass is 441 g/mol. The Kier molecular flexibility index (Phi) is 5.73. The van der Waals surface area contributed by atoms with Crippen LogP contribution in [0.2, 0.25) is 0 Å². The quantitative estimate of drug-likeness (QED) is 0.461. The molecule has 2 aromatic heterocycles. The molecule has 1 saturated heterocycles. The Balaban J connectivity index is 1.68. The van der Waals surface area contributed by atoms with Crippen LogP contribution in [0, 0.1) is 23.0 Å². The fourth-order valence-electron chi connectivity index (χ4n) is 3.82. The molecular formula is C21H23N5O4S. The van der Waals surface area contributed by atoms with Gasteiger partial charge in [-0.15, -0.1) is 11.3 Å². The van der Waals surface area contributed by atoms with Crippen molar-refractivity contribution < 1.29 is 14.5 Å². The fourth-order valence-corrected chi connectivity index (χ4v) is 4.85. The van der Waals surface area contributed by atoms with E-state index in [-0.39, 0.29) is 17.3 Å². The van der Waals surface area contributed by atoms with Gasteiger partial charge in [-0.25, -0.2) is 9.97 Å². The van der Waals surface area contributed by atoms with Crippen LogP contribution in [0.3, 0.4) is 0 Å². The Morgan fingerprint density at radius 2 is 2.06 bits per heavy atom. The van der Waals surface area contributed by atoms with E-state index in [9.17, 15) is 14.9 Å². The van der Waals surface area contributed by atoms with E-state index in [4.69, 9.17) is 4.74 Å². The smallest absolute Gasteiger partial charge is 0.271 e. The lowest BCUT2D eigenvalue weighted by Crippen LogP contribution is -2.33. The summed E-state index contributed by atoms with van der Waals surface area (Å²) in [7, 11) is 1.45. The number of aromatic nitrogens is 2. The molecular weight excluding hydrogens is 418 g/mol. The number of thiophene rings is 1. The van der Waals surface area contributed by atoms with E-state index in [1.54, 1.807) is 0 Å². The lowest BCUT2D eigenvalue weighted by molar-refractivity contribution is -0.384. The first-order chi connectivity index (χ1) is 14.9. The molecule has 0 spiro atoms. The molecule has 1 aromatic carbocycles. The molecule has 1 amide bonds. The second-order valence-electron chi connectivity index (χ2n) is 7.70. The Hall–Kier alpha value is -3.27. The van der Waals surface area contributed by atoms with Gasteiger partial charge in [0.25, 0.3) is 11.6 Å². The minimum atomic E-state index is -0.513. The highest BCUT2D eigenvalue weighted by Gasteiger charge is 2.25. The molecule has 0 unspecified atom stereocenters. The molecule has 162 valence electrons. The van der Waals surface area contributed by atoms with Crippen molar-refractivity contribution in [3.63, 3.8) is 0 Å². The van der Waals surface area contributed by atoms with E-state index in [0.717, 1.165) is 47.5 Å². The van der Waals surface area contributed by atoms with Gasteiger partial charge < -0.3 is 15.0 Å². The maximum Gasteiger partial charge on any atom is 0.271 e. The lowest BCUT2D eigenvalue weighted by Gasteiger charge is -2.31. The van der Waals surface area contributed by atoms with Gasteiger partial charge in [0.1, 0.15) is 22.7 Å². The van der Waals surface area contributed by atoms with Crippen molar-refractivity contribution >= 4 is 44.7 Å². The van der Waals surface area contributed by atoms with Gasteiger partial charge in [0.2, 0.25) is 0 Å². The zero-order chi connectivity index (χ0) is 22.1. The van der Waals surface area contributed by atoms with Crippen LogP contribution in [0.25, 0.3) is 10.2 Å². The molecule has 10 heteroatoms. The Bertz CT molecular complexity index is 1150. The molecule has 0 atom stereocenters. The number of nitrogens with zero attached hydrogens (tertiary/aromatic N) is 4. The first-order valence-electron chi connectivity index (χ1n) is 10.0. The largest absolute Gasteiger partial charge is 0.495 e. The van der Waals surface area contributed by atoms with Crippen LogP contribution in [-0.4, -0.2) is 41.0 Å². The summed E-state index contributed by atoms with van der Waals surface area (Å²) in [6, 6.07) is 4.09. The summed E-state index contributed by atoms with van der Waals surface area (Å²) in [6.45, 7) is 6.00. The first kappa shape index (κ1) is 21.0. The highest BCUT2D eigenvalue weighted by molar-refractivity contribution is 7.20. The number of carbonyl (C=O) groups excluding carboxylic acids is 1. The summed E-state index contributed by atoms with van der Waals surface area (Å²) in [5.41, 5.74) is 0.919. The van der Waals surface area contributed by atoms with Gasteiger partial charge in [-0.05, 0) is 37.3 Å². The number of nitro groups is 1. The van der Waals surface area contributed by atoms with Gasteiger partial charge in [0.05, 0.1) is 28.0 Å². The molecule has 4 rings (SSSR count). The van der Waals surface area contributed by atoms with Crippen molar-refractivity contribution in [3.05, 3.63) is 45.1 Å². The number of anilines is 2. The minimum absolute atomic E-state index is 0.128. The molecule has 0 aliphatic carbocycles. The second kappa shape index (κ2) is 8.46. The zero-order valence-electron chi connectivity index (χ0n) is 17.5. The number of benzene rings is 1.